The van der Waals surface area contributed by atoms with Gasteiger partial charge in [0.1, 0.15) is 5.75 Å². The van der Waals surface area contributed by atoms with Crippen molar-refractivity contribution in [2.45, 2.75) is 32.4 Å². The Kier molecular flexibility index (Phi) is 16.2. The van der Waals surface area contributed by atoms with Crippen LogP contribution in [0.4, 0.5) is 0 Å². The van der Waals surface area contributed by atoms with Crippen molar-refractivity contribution >= 4 is 35.5 Å². The van der Waals surface area contributed by atoms with Crippen LogP contribution < -0.4 is 4.74 Å². The maximum atomic E-state index is 9.55. The van der Waals surface area contributed by atoms with Gasteiger partial charge in [-0.1, -0.05) is 11.6 Å². The number of likely N-dealkylation sites (tertiary alicyclic amines) is 1. The molecule has 1 aliphatic heterocycles. The van der Waals surface area contributed by atoms with Crippen molar-refractivity contribution in [3.63, 3.8) is 0 Å². The molecule has 36 heavy (non-hydrogen) atoms. The lowest BCUT2D eigenvalue weighted by Crippen LogP contribution is -2.41. The second-order valence-electron chi connectivity index (χ2n) is 7.68. The van der Waals surface area contributed by atoms with E-state index < -0.39 is 23.9 Å². The number of ether oxygens (including phenoxy) is 1. The molecule has 4 N–H and O–H groups in total. The van der Waals surface area contributed by atoms with E-state index in [0.29, 0.717) is 30.9 Å². The number of carboxylic acids is 4. The number of piperidine rings is 1. The summed E-state index contributed by atoms with van der Waals surface area (Å²) in [6, 6.07) is 6.63. The quantitative estimate of drug-likeness (QED) is 0.348. The van der Waals surface area contributed by atoms with Gasteiger partial charge >= 0.3 is 23.9 Å². The van der Waals surface area contributed by atoms with E-state index in [0.717, 1.165) is 36.4 Å². The van der Waals surface area contributed by atoms with Crippen LogP contribution >= 0.6 is 11.6 Å². The molecular formula is C24H33ClN2O9. The van der Waals surface area contributed by atoms with Crippen LogP contribution in [0.5, 0.6) is 5.75 Å². The molecule has 0 spiro atoms. The van der Waals surface area contributed by atoms with Crippen LogP contribution in [0, 0.1) is 0 Å². The molecule has 1 aromatic rings. The Balaban J connectivity index is 0.000000634. The molecule has 0 amide bonds. The van der Waals surface area contributed by atoms with Gasteiger partial charge in [0.15, 0.2) is 0 Å². The number of nitrogens with zero attached hydrogens (tertiary/aromatic N) is 2. The molecule has 1 fully saturated rings. The number of halogens is 1. The Morgan fingerprint density at radius 3 is 1.75 bits per heavy atom. The highest BCUT2D eigenvalue weighted by Crippen LogP contribution is 2.26. The largest absolute Gasteiger partial charge is 0.494 e. The molecule has 0 radical (unpaired) electrons. The summed E-state index contributed by atoms with van der Waals surface area (Å²) in [6.07, 6.45) is 4.70. The molecule has 1 heterocycles. The zero-order valence-corrected chi connectivity index (χ0v) is 21.2. The number of aliphatic carboxylic acids is 4. The second kappa shape index (κ2) is 17.9. The first kappa shape index (κ1) is 32.6. The van der Waals surface area contributed by atoms with Gasteiger partial charge in [0.25, 0.3) is 0 Å². The number of carboxylic acid groups (broad SMARTS) is 4. The number of carbonyl (C=O) groups is 4. The third-order valence-corrected chi connectivity index (χ3v) is 4.98. The van der Waals surface area contributed by atoms with Crippen molar-refractivity contribution in [1.29, 1.82) is 0 Å². The molecule has 0 atom stereocenters. The SMILES string of the molecule is CCOc1ccc(Cl)cc1CN1CCC(N(C)C)CC1.O=C(O)/C=C/C(=O)O.O=C(O)/C=C/C(=O)O. The van der Waals surface area contributed by atoms with Gasteiger partial charge in [-0.25, -0.2) is 19.2 Å². The molecule has 0 unspecified atom stereocenters. The Morgan fingerprint density at radius 2 is 1.39 bits per heavy atom. The summed E-state index contributed by atoms with van der Waals surface area (Å²) < 4.78 is 5.70. The van der Waals surface area contributed by atoms with Gasteiger partial charge in [-0.2, -0.15) is 0 Å². The lowest BCUT2D eigenvalue weighted by molar-refractivity contribution is -0.134. The Bertz CT molecular complexity index is 858. The highest BCUT2D eigenvalue weighted by atomic mass is 35.5. The van der Waals surface area contributed by atoms with E-state index in [1.807, 2.05) is 25.1 Å². The van der Waals surface area contributed by atoms with Gasteiger partial charge in [-0.15, -0.1) is 0 Å². The van der Waals surface area contributed by atoms with Crippen molar-refractivity contribution < 1.29 is 44.3 Å². The molecule has 200 valence electrons. The maximum absolute atomic E-state index is 9.55. The van der Waals surface area contributed by atoms with E-state index in [1.54, 1.807) is 0 Å². The summed E-state index contributed by atoms with van der Waals surface area (Å²) >= 11 is 6.12. The van der Waals surface area contributed by atoms with Crippen LogP contribution in [-0.4, -0.2) is 93.9 Å². The molecule has 2 rings (SSSR count). The molecular weight excluding hydrogens is 496 g/mol. The summed E-state index contributed by atoms with van der Waals surface area (Å²) in [4.78, 5) is 43.0. The molecule has 12 heteroatoms. The summed E-state index contributed by atoms with van der Waals surface area (Å²) in [5, 5.41) is 32.0. The average Bonchev–Trinajstić information content (AvgIpc) is 2.79. The van der Waals surface area contributed by atoms with Crippen LogP contribution in [-0.2, 0) is 25.7 Å². The number of rotatable bonds is 9. The summed E-state index contributed by atoms with van der Waals surface area (Å²) in [5.41, 5.74) is 1.20. The smallest absolute Gasteiger partial charge is 0.328 e. The van der Waals surface area contributed by atoms with E-state index in [2.05, 4.69) is 23.9 Å². The number of hydrogen-bond donors (Lipinski definition) is 4. The molecule has 1 saturated heterocycles. The summed E-state index contributed by atoms with van der Waals surface area (Å²) in [6.45, 7) is 5.91. The normalized spacial score (nSPS) is 14.0. The Morgan fingerprint density at radius 1 is 0.944 bits per heavy atom. The minimum Gasteiger partial charge on any atom is -0.494 e. The first-order valence-electron chi connectivity index (χ1n) is 10.9. The van der Waals surface area contributed by atoms with E-state index in [9.17, 15) is 19.2 Å². The monoisotopic (exact) mass is 528 g/mol. The van der Waals surface area contributed by atoms with Crippen LogP contribution in [0.1, 0.15) is 25.3 Å². The van der Waals surface area contributed by atoms with Gasteiger partial charge in [0.05, 0.1) is 6.61 Å². The fourth-order valence-corrected chi connectivity index (χ4v) is 3.28. The van der Waals surface area contributed by atoms with Crippen LogP contribution in [0.15, 0.2) is 42.5 Å². The third-order valence-electron chi connectivity index (χ3n) is 4.74. The predicted molar refractivity (Wildman–Crippen MR) is 133 cm³/mol. The lowest BCUT2D eigenvalue weighted by Gasteiger charge is -2.35. The molecule has 1 aliphatic rings. The van der Waals surface area contributed by atoms with Crippen molar-refractivity contribution in [3.05, 3.63) is 53.1 Å². The first-order chi connectivity index (χ1) is 16.8. The van der Waals surface area contributed by atoms with E-state index in [1.165, 1.54) is 18.4 Å². The number of benzene rings is 1. The fourth-order valence-electron chi connectivity index (χ4n) is 3.09. The zero-order valence-electron chi connectivity index (χ0n) is 20.5. The van der Waals surface area contributed by atoms with Gasteiger partial charge in [0, 0.05) is 47.5 Å². The summed E-state index contributed by atoms with van der Waals surface area (Å²) in [7, 11) is 4.34. The van der Waals surface area contributed by atoms with Crippen molar-refractivity contribution in [3.8, 4) is 5.75 Å². The predicted octanol–water partition coefficient (Wildman–Crippen LogP) is 2.69. The average molecular weight is 529 g/mol. The van der Waals surface area contributed by atoms with Gasteiger partial charge in [-0.3, -0.25) is 4.90 Å². The number of hydrogen-bond acceptors (Lipinski definition) is 7. The molecule has 1 aromatic carbocycles. The maximum Gasteiger partial charge on any atom is 0.328 e. The molecule has 11 nitrogen and oxygen atoms in total. The highest BCUT2D eigenvalue weighted by molar-refractivity contribution is 6.30. The first-order valence-corrected chi connectivity index (χ1v) is 11.3. The minimum absolute atomic E-state index is 0.558. The van der Waals surface area contributed by atoms with Crippen molar-refractivity contribution in [2.24, 2.45) is 0 Å². The van der Waals surface area contributed by atoms with Gasteiger partial charge in [-0.05, 0) is 65.1 Å². The Labute approximate surface area is 214 Å². The summed E-state index contributed by atoms with van der Waals surface area (Å²) in [5.74, 6) is -4.06. The Hall–Kier alpha value is -3.41. The van der Waals surface area contributed by atoms with E-state index in [-0.39, 0.29) is 0 Å². The minimum atomic E-state index is -1.26. The third kappa shape index (κ3) is 16.3. The highest BCUT2D eigenvalue weighted by Gasteiger charge is 2.21. The van der Waals surface area contributed by atoms with Crippen LogP contribution in [0.25, 0.3) is 0 Å². The van der Waals surface area contributed by atoms with Crippen molar-refractivity contribution in [1.82, 2.24) is 9.80 Å². The van der Waals surface area contributed by atoms with E-state index in [4.69, 9.17) is 36.8 Å². The topological polar surface area (TPSA) is 165 Å². The van der Waals surface area contributed by atoms with Gasteiger partial charge in [0.2, 0.25) is 0 Å². The molecule has 0 aliphatic carbocycles. The molecule has 0 bridgehead atoms. The van der Waals surface area contributed by atoms with Crippen molar-refractivity contribution in [2.75, 3.05) is 33.8 Å². The molecule has 0 aromatic heterocycles. The van der Waals surface area contributed by atoms with Crippen LogP contribution in [0.3, 0.4) is 0 Å². The zero-order chi connectivity index (χ0) is 27.7. The van der Waals surface area contributed by atoms with Gasteiger partial charge < -0.3 is 30.1 Å². The fraction of sp³-hybridized carbons (Fsp3) is 0.417. The molecule has 0 saturated carbocycles. The lowest BCUT2D eigenvalue weighted by atomic mass is 10.0. The van der Waals surface area contributed by atoms with E-state index >= 15 is 0 Å². The van der Waals surface area contributed by atoms with Crippen LogP contribution in [0.2, 0.25) is 5.02 Å². The second-order valence-corrected chi connectivity index (χ2v) is 8.11. The standard InChI is InChI=1S/C16H25ClN2O.2C4H4O4/c1-4-20-16-6-5-14(17)11-13(16)12-19-9-7-15(8-10-19)18(2)3;2*5-3(6)1-2-4(7)8/h5-6,11,15H,4,7-10,12H2,1-3H3;2*1-2H,(H,5,6)(H,7,8)/b;2*2-1+.